The van der Waals surface area contributed by atoms with E-state index in [1.807, 2.05) is 24.3 Å². The van der Waals surface area contributed by atoms with Gasteiger partial charge >= 0.3 is 0 Å². The largest absolute Gasteiger partial charge is 0.370 e. The maximum Gasteiger partial charge on any atom is 0.188 e. The highest BCUT2D eigenvalue weighted by Crippen LogP contribution is 2.24. The summed E-state index contributed by atoms with van der Waals surface area (Å²) < 4.78 is 0. The first-order valence-corrected chi connectivity index (χ1v) is 6.63. The molecule has 0 heterocycles. The minimum atomic E-state index is -0.0525. The molecule has 0 aliphatic carbocycles. The summed E-state index contributed by atoms with van der Waals surface area (Å²) in [5, 5.41) is 3.82. The monoisotopic (exact) mass is 395 g/mol. The molecule has 0 spiro atoms. The van der Waals surface area contributed by atoms with Gasteiger partial charge in [-0.05, 0) is 24.1 Å². The van der Waals surface area contributed by atoms with Crippen LogP contribution in [-0.2, 0) is 5.41 Å². The van der Waals surface area contributed by atoms with E-state index in [0.717, 1.165) is 18.0 Å². The highest BCUT2D eigenvalue weighted by Gasteiger charge is 2.20. The number of benzene rings is 1. The molecule has 0 bridgehead atoms. The first-order chi connectivity index (χ1) is 8.45. The zero-order chi connectivity index (χ0) is 13.6. The van der Waals surface area contributed by atoms with Crippen LogP contribution in [0.4, 0.5) is 0 Å². The van der Waals surface area contributed by atoms with Crippen molar-refractivity contribution in [1.82, 2.24) is 5.32 Å². The lowest BCUT2D eigenvalue weighted by molar-refractivity contribution is 0.538. The van der Waals surface area contributed by atoms with Crippen molar-refractivity contribution in [2.45, 2.75) is 32.6 Å². The lowest BCUT2D eigenvalue weighted by Gasteiger charge is -2.23. The summed E-state index contributed by atoms with van der Waals surface area (Å²) in [5.74, 6) is 0.513. The molecule has 1 aromatic rings. The molecule has 19 heavy (non-hydrogen) atoms. The maximum atomic E-state index is 5.89. The van der Waals surface area contributed by atoms with Gasteiger partial charge in [-0.15, -0.1) is 24.0 Å². The third-order valence-corrected chi connectivity index (χ3v) is 3.08. The molecular formula is C14H23ClIN3. The molecule has 1 rings (SSSR count). The summed E-state index contributed by atoms with van der Waals surface area (Å²) >= 11 is 5.89. The number of halogens is 2. The summed E-state index contributed by atoms with van der Waals surface area (Å²) in [6.07, 6.45) is 1.04. The summed E-state index contributed by atoms with van der Waals surface area (Å²) in [5.41, 5.74) is 6.94. The highest BCUT2D eigenvalue weighted by molar-refractivity contribution is 14.0. The summed E-state index contributed by atoms with van der Waals surface area (Å²) in [6, 6.07) is 7.88. The molecule has 108 valence electrons. The molecule has 0 atom stereocenters. The minimum Gasteiger partial charge on any atom is -0.370 e. The predicted molar refractivity (Wildman–Crippen MR) is 94.7 cm³/mol. The molecule has 5 heteroatoms. The van der Waals surface area contributed by atoms with Crippen LogP contribution < -0.4 is 11.1 Å². The summed E-state index contributed by atoms with van der Waals surface area (Å²) in [7, 11) is 0. The molecule has 0 fully saturated rings. The Hall–Kier alpha value is -0.490. The number of aliphatic imine (C=N–C) groups is 1. The first kappa shape index (κ1) is 18.5. The Kier molecular flexibility index (Phi) is 8.41. The van der Waals surface area contributed by atoms with E-state index < -0.39 is 0 Å². The van der Waals surface area contributed by atoms with E-state index in [0.29, 0.717) is 12.5 Å². The Labute approximate surface area is 138 Å². The summed E-state index contributed by atoms with van der Waals surface area (Å²) in [6.45, 7) is 7.89. The molecule has 3 nitrogen and oxygen atoms in total. The average Bonchev–Trinajstić information content (AvgIpc) is 2.34. The standard InChI is InChI=1S/C14H22ClN3.HI/c1-4-9-17-13(16)18-10-14(2,3)11-5-7-12(15)8-6-11;/h5-8H,4,9-10H2,1-3H3,(H3,16,17,18);1H. The Morgan fingerprint density at radius 1 is 1.32 bits per heavy atom. The molecule has 0 saturated carbocycles. The quantitative estimate of drug-likeness (QED) is 0.455. The second-order valence-corrected chi connectivity index (χ2v) is 5.46. The molecule has 3 N–H and O–H groups in total. The second kappa shape index (κ2) is 8.64. The average molecular weight is 396 g/mol. The van der Waals surface area contributed by atoms with Crippen LogP contribution in [0.2, 0.25) is 5.02 Å². The van der Waals surface area contributed by atoms with Crippen LogP contribution in [0.3, 0.4) is 0 Å². The molecule has 0 unspecified atom stereocenters. The van der Waals surface area contributed by atoms with Gasteiger partial charge in [0.25, 0.3) is 0 Å². The van der Waals surface area contributed by atoms with Crippen molar-refractivity contribution in [3.63, 3.8) is 0 Å². The number of nitrogens with zero attached hydrogens (tertiary/aromatic N) is 1. The number of nitrogens with one attached hydrogen (secondary N) is 1. The zero-order valence-corrected chi connectivity index (χ0v) is 14.8. The SMILES string of the molecule is CCCNC(N)=NCC(C)(C)c1ccc(Cl)cc1.I. The van der Waals surface area contributed by atoms with Crippen LogP contribution in [0.1, 0.15) is 32.8 Å². The number of rotatable bonds is 5. The Bertz CT molecular complexity index is 402. The molecule has 0 aliphatic heterocycles. The van der Waals surface area contributed by atoms with E-state index >= 15 is 0 Å². The van der Waals surface area contributed by atoms with Crippen molar-refractivity contribution in [2.24, 2.45) is 10.7 Å². The van der Waals surface area contributed by atoms with Crippen molar-refractivity contribution in [2.75, 3.05) is 13.1 Å². The fraction of sp³-hybridized carbons (Fsp3) is 0.500. The van der Waals surface area contributed by atoms with Crippen LogP contribution in [0, 0.1) is 0 Å². The van der Waals surface area contributed by atoms with E-state index in [-0.39, 0.29) is 29.4 Å². The van der Waals surface area contributed by atoms with Crippen LogP contribution in [0.25, 0.3) is 0 Å². The van der Waals surface area contributed by atoms with E-state index in [1.165, 1.54) is 5.56 Å². The molecule has 0 aliphatic rings. The van der Waals surface area contributed by atoms with E-state index in [2.05, 4.69) is 31.1 Å². The molecule has 0 saturated heterocycles. The number of hydrogen-bond acceptors (Lipinski definition) is 1. The second-order valence-electron chi connectivity index (χ2n) is 5.02. The van der Waals surface area contributed by atoms with Gasteiger partial charge in [0.15, 0.2) is 5.96 Å². The van der Waals surface area contributed by atoms with Crippen molar-refractivity contribution >= 4 is 41.5 Å². The topological polar surface area (TPSA) is 50.4 Å². The third-order valence-electron chi connectivity index (χ3n) is 2.83. The molecular weight excluding hydrogens is 373 g/mol. The van der Waals surface area contributed by atoms with Gasteiger partial charge in [0, 0.05) is 17.0 Å². The number of guanidine groups is 1. The van der Waals surface area contributed by atoms with Gasteiger partial charge in [-0.2, -0.15) is 0 Å². The van der Waals surface area contributed by atoms with Crippen molar-refractivity contribution in [3.05, 3.63) is 34.9 Å². The van der Waals surface area contributed by atoms with Gasteiger partial charge in [-0.1, -0.05) is 44.5 Å². The normalized spacial score (nSPS) is 11.9. The zero-order valence-electron chi connectivity index (χ0n) is 11.7. The predicted octanol–water partition coefficient (Wildman–Crippen LogP) is 3.55. The fourth-order valence-electron chi connectivity index (χ4n) is 1.58. The van der Waals surface area contributed by atoms with Gasteiger partial charge in [0.05, 0.1) is 6.54 Å². The van der Waals surface area contributed by atoms with Gasteiger partial charge < -0.3 is 11.1 Å². The van der Waals surface area contributed by atoms with Crippen LogP contribution >= 0.6 is 35.6 Å². The van der Waals surface area contributed by atoms with E-state index in [1.54, 1.807) is 0 Å². The van der Waals surface area contributed by atoms with Gasteiger partial charge in [0.2, 0.25) is 0 Å². The van der Waals surface area contributed by atoms with Crippen LogP contribution in [0.5, 0.6) is 0 Å². The Morgan fingerprint density at radius 2 is 1.89 bits per heavy atom. The van der Waals surface area contributed by atoms with Crippen molar-refractivity contribution in [1.29, 1.82) is 0 Å². The minimum absolute atomic E-state index is 0. The molecule has 0 radical (unpaired) electrons. The summed E-state index contributed by atoms with van der Waals surface area (Å²) in [4.78, 5) is 4.38. The van der Waals surface area contributed by atoms with Crippen LogP contribution in [0.15, 0.2) is 29.3 Å². The fourth-order valence-corrected chi connectivity index (χ4v) is 1.71. The Balaban J connectivity index is 0.00000324. The van der Waals surface area contributed by atoms with Gasteiger partial charge in [-0.3, -0.25) is 4.99 Å². The molecule has 0 amide bonds. The molecule has 0 aromatic heterocycles. The lowest BCUT2D eigenvalue weighted by Crippen LogP contribution is -2.34. The highest BCUT2D eigenvalue weighted by atomic mass is 127. The number of hydrogen-bond donors (Lipinski definition) is 2. The lowest BCUT2D eigenvalue weighted by atomic mass is 9.85. The maximum absolute atomic E-state index is 5.89. The van der Waals surface area contributed by atoms with Gasteiger partial charge in [-0.25, -0.2) is 0 Å². The van der Waals surface area contributed by atoms with E-state index in [4.69, 9.17) is 17.3 Å². The van der Waals surface area contributed by atoms with Crippen LogP contribution in [-0.4, -0.2) is 19.0 Å². The smallest absolute Gasteiger partial charge is 0.188 e. The third kappa shape index (κ3) is 6.47. The van der Waals surface area contributed by atoms with Crippen molar-refractivity contribution < 1.29 is 0 Å². The molecule has 1 aromatic carbocycles. The van der Waals surface area contributed by atoms with E-state index in [9.17, 15) is 0 Å². The van der Waals surface area contributed by atoms with Gasteiger partial charge in [0.1, 0.15) is 0 Å². The Morgan fingerprint density at radius 3 is 2.42 bits per heavy atom. The van der Waals surface area contributed by atoms with Crippen molar-refractivity contribution in [3.8, 4) is 0 Å². The first-order valence-electron chi connectivity index (χ1n) is 6.25. The number of nitrogens with two attached hydrogens (primary N) is 1.